The van der Waals surface area contributed by atoms with E-state index < -0.39 is 0 Å². The minimum atomic E-state index is 0.514. The third-order valence-corrected chi connectivity index (χ3v) is 4.43. The predicted octanol–water partition coefficient (Wildman–Crippen LogP) is 2.40. The predicted molar refractivity (Wildman–Crippen MR) is 46.7 cm³/mol. The van der Waals surface area contributed by atoms with Crippen LogP contribution in [0.3, 0.4) is 0 Å². The van der Waals surface area contributed by atoms with Crippen molar-refractivity contribution in [1.29, 1.82) is 0 Å². The van der Waals surface area contributed by atoms with Crippen molar-refractivity contribution in [3.05, 3.63) is 0 Å². The molecule has 3 aliphatic rings. The molecule has 0 aromatic heterocycles. The Morgan fingerprint density at radius 1 is 1.00 bits per heavy atom. The Kier molecular flexibility index (Phi) is 1.38. The quantitative estimate of drug-likeness (QED) is 0.537. The van der Waals surface area contributed by atoms with Gasteiger partial charge in [0.2, 0.25) is 0 Å². The molecule has 3 aliphatic carbocycles. The summed E-state index contributed by atoms with van der Waals surface area (Å²) < 4.78 is 0. The molecule has 4 atom stereocenters. The molecule has 0 amide bonds. The van der Waals surface area contributed by atoms with E-state index in [1.165, 1.54) is 32.1 Å². The first-order valence-corrected chi connectivity index (χ1v) is 5.39. The zero-order valence-corrected chi connectivity index (χ0v) is 7.46. The SMILES string of the molecule is O=C1CC2CCCC3CCC1C32. The van der Waals surface area contributed by atoms with E-state index in [0.717, 1.165) is 24.2 Å². The van der Waals surface area contributed by atoms with Crippen molar-refractivity contribution >= 4 is 5.78 Å². The van der Waals surface area contributed by atoms with Crippen molar-refractivity contribution in [3.8, 4) is 0 Å². The summed E-state index contributed by atoms with van der Waals surface area (Å²) in [6.45, 7) is 0. The van der Waals surface area contributed by atoms with Crippen molar-refractivity contribution in [2.75, 3.05) is 0 Å². The average molecular weight is 164 g/mol. The molecule has 0 aromatic rings. The van der Waals surface area contributed by atoms with E-state index in [-0.39, 0.29) is 0 Å². The molecule has 0 aliphatic heterocycles. The Bertz CT molecular complexity index is 221. The van der Waals surface area contributed by atoms with Crippen LogP contribution in [0.15, 0.2) is 0 Å². The highest BCUT2D eigenvalue weighted by Gasteiger charge is 2.50. The van der Waals surface area contributed by atoms with Gasteiger partial charge in [-0.3, -0.25) is 4.79 Å². The first-order valence-electron chi connectivity index (χ1n) is 5.39. The van der Waals surface area contributed by atoms with Gasteiger partial charge in [0, 0.05) is 12.3 Å². The normalized spacial score (nSPS) is 51.2. The maximum atomic E-state index is 11.6. The lowest BCUT2D eigenvalue weighted by Gasteiger charge is -2.30. The van der Waals surface area contributed by atoms with Crippen molar-refractivity contribution in [2.24, 2.45) is 23.7 Å². The fraction of sp³-hybridized carbons (Fsp3) is 0.909. The lowest BCUT2D eigenvalue weighted by Crippen LogP contribution is -2.22. The summed E-state index contributed by atoms with van der Waals surface area (Å²) in [5, 5.41) is 0. The van der Waals surface area contributed by atoms with Crippen molar-refractivity contribution < 1.29 is 4.79 Å². The first-order chi connectivity index (χ1) is 5.86. The Hall–Kier alpha value is -0.330. The molecule has 4 unspecified atom stereocenters. The van der Waals surface area contributed by atoms with Crippen LogP contribution in [0.1, 0.15) is 38.5 Å². The smallest absolute Gasteiger partial charge is 0.136 e. The number of Topliss-reactive ketones (excluding diaryl/α,β-unsaturated/α-hetero) is 1. The highest BCUT2D eigenvalue weighted by molar-refractivity contribution is 5.84. The van der Waals surface area contributed by atoms with Crippen LogP contribution < -0.4 is 0 Å². The van der Waals surface area contributed by atoms with Gasteiger partial charge in [-0.2, -0.15) is 0 Å². The molecule has 0 bridgehead atoms. The van der Waals surface area contributed by atoms with Gasteiger partial charge in [-0.25, -0.2) is 0 Å². The molecule has 3 saturated carbocycles. The van der Waals surface area contributed by atoms with E-state index in [2.05, 4.69) is 0 Å². The summed E-state index contributed by atoms with van der Waals surface area (Å²) in [5.41, 5.74) is 0. The minimum Gasteiger partial charge on any atom is -0.299 e. The van der Waals surface area contributed by atoms with Crippen molar-refractivity contribution in [3.63, 3.8) is 0 Å². The highest BCUT2D eigenvalue weighted by atomic mass is 16.1. The van der Waals surface area contributed by atoms with Crippen LogP contribution >= 0.6 is 0 Å². The molecule has 3 fully saturated rings. The van der Waals surface area contributed by atoms with E-state index in [4.69, 9.17) is 0 Å². The Morgan fingerprint density at radius 2 is 1.83 bits per heavy atom. The van der Waals surface area contributed by atoms with Gasteiger partial charge < -0.3 is 0 Å². The largest absolute Gasteiger partial charge is 0.299 e. The average Bonchev–Trinajstić information content (AvgIpc) is 2.60. The second kappa shape index (κ2) is 2.34. The van der Waals surface area contributed by atoms with Gasteiger partial charge in [-0.1, -0.05) is 12.8 Å². The minimum absolute atomic E-state index is 0.514. The molecule has 0 N–H and O–H groups in total. The van der Waals surface area contributed by atoms with Crippen molar-refractivity contribution in [2.45, 2.75) is 38.5 Å². The standard InChI is InChI=1S/C11H16O/c12-10-6-8-3-1-2-7-4-5-9(10)11(7)8/h7-9,11H,1-6H2. The van der Waals surface area contributed by atoms with Gasteiger partial charge in [-0.15, -0.1) is 0 Å². The highest BCUT2D eigenvalue weighted by Crippen LogP contribution is 2.54. The number of carbonyl (C=O) groups is 1. The van der Waals surface area contributed by atoms with Gasteiger partial charge >= 0.3 is 0 Å². The van der Waals surface area contributed by atoms with Crippen LogP contribution in [-0.2, 0) is 4.79 Å². The van der Waals surface area contributed by atoms with Crippen LogP contribution in [0.5, 0.6) is 0 Å². The molecule has 1 nitrogen and oxygen atoms in total. The Labute approximate surface area is 73.5 Å². The van der Waals surface area contributed by atoms with Crippen LogP contribution in [-0.4, -0.2) is 5.78 Å². The van der Waals surface area contributed by atoms with Gasteiger partial charge in [0.15, 0.2) is 0 Å². The molecular weight excluding hydrogens is 148 g/mol. The lowest BCUT2D eigenvalue weighted by molar-refractivity contribution is -0.121. The van der Waals surface area contributed by atoms with Gasteiger partial charge in [0.1, 0.15) is 5.78 Å². The summed E-state index contributed by atoms with van der Waals surface area (Å²) in [5.74, 6) is 3.71. The zero-order chi connectivity index (χ0) is 8.13. The second-order valence-electron chi connectivity index (χ2n) is 4.88. The summed E-state index contributed by atoms with van der Waals surface area (Å²) in [4.78, 5) is 11.6. The van der Waals surface area contributed by atoms with E-state index in [9.17, 15) is 4.79 Å². The fourth-order valence-electron chi connectivity index (χ4n) is 4.02. The van der Waals surface area contributed by atoms with Gasteiger partial charge in [0.05, 0.1) is 0 Å². The molecule has 0 aromatic carbocycles. The van der Waals surface area contributed by atoms with Crippen LogP contribution in [0, 0.1) is 23.7 Å². The van der Waals surface area contributed by atoms with Crippen LogP contribution in [0.4, 0.5) is 0 Å². The number of rotatable bonds is 0. The van der Waals surface area contributed by atoms with Gasteiger partial charge in [-0.05, 0) is 37.0 Å². The molecule has 0 radical (unpaired) electrons. The number of hydrogen-bond donors (Lipinski definition) is 0. The van der Waals surface area contributed by atoms with E-state index in [0.29, 0.717) is 11.7 Å². The molecule has 66 valence electrons. The summed E-state index contributed by atoms with van der Waals surface area (Å²) in [7, 11) is 0. The molecular formula is C11H16O. The summed E-state index contributed by atoms with van der Waals surface area (Å²) in [6, 6.07) is 0. The van der Waals surface area contributed by atoms with E-state index >= 15 is 0 Å². The molecule has 3 rings (SSSR count). The molecule has 12 heavy (non-hydrogen) atoms. The third kappa shape index (κ3) is 0.773. The summed E-state index contributed by atoms with van der Waals surface area (Å²) in [6.07, 6.45) is 7.69. The lowest BCUT2D eigenvalue weighted by atomic mass is 9.75. The maximum absolute atomic E-state index is 11.6. The number of carbonyl (C=O) groups excluding carboxylic acids is 1. The second-order valence-corrected chi connectivity index (χ2v) is 4.88. The van der Waals surface area contributed by atoms with Crippen LogP contribution in [0.25, 0.3) is 0 Å². The monoisotopic (exact) mass is 164 g/mol. The zero-order valence-electron chi connectivity index (χ0n) is 7.46. The Balaban J connectivity index is 1.94. The molecule has 0 saturated heterocycles. The Morgan fingerprint density at radius 3 is 2.75 bits per heavy atom. The maximum Gasteiger partial charge on any atom is 0.136 e. The number of hydrogen-bond acceptors (Lipinski definition) is 1. The topological polar surface area (TPSA) is 17.1 Å². The first kappa shape index (κ1) is 7.11. The van der Waals surface area contributed by atoms with E-state index in [1.54, 1.807) is 0 Å². The van der Waals surface area contributed by atoms with Gasteiger partial charge in [0.25, 0.3) is 0 Å². The summed E-state index contributed by atoms with van der Waals surface area (Å²) >= 11 is 0. The van der Waals surface area contributed by atoms with Crippen molar-refractivity contribution in [1.82, 2.24) is 0 Å². The number of ketones is 1. The van der Waals surface area contributed by atoms with E-state index in [1.807, 2.05) is 0 Å². The molecule has 0 heterocycles. The molecule has 0 spiro atoms. The fourth-order valence-corrected chi connectivity index (χ4v) is 4.02. The molecule has 1 heteroatoms. The third-order valence-electron chi connectivity index (χ3n) is 4.43. The van der Waals surface area contributed by atoms with Crippen LogP contribution in [0.2, 0.25) is 0 Å².